The van der Waals surface area contributed by atoms with Gasteiger partial charge in [0.2, 0.25) is 0 Å². The standard InChI is InChI=1S/C23H25NO3/c1-22-10-9-20(25)23(2,21(26)27)19(22)8-7-13-11-18-15(12-16(13)22)14-5-3-4-6-17(14)24-18/h3-6,11-12,19-20,24-25H,7-10H2,1-2H3,(H,26,27)/t19-,20+,22-,23-/m1/s1. The summed E-state index contributed by atoms with van der Waals surface area (Å²) in [5.41, 5.74) is 3.54. The molecule has 2 aliphatic rings. The minimum Gasteiger partial charge on any atom is -0.481 e. The van der Waals surface area contributed by atoms with Crippen molar-refractivity contribution in [2.45, 2.75) is 51.0 Å². The third-order valence-electron chi connectivity index (χ3n) is 7.63. The van der Waals surface area contributed by atoms with Gasteiger partial charge < -0.3 is 15.2 Å². The highest BCUT2D eigenvalue weighted by molar-refractivity contribution is 6.07. The number of carbonyl (C=O) groups is 1. The maximum atomic E-state index is 12.2. The normalized spacial score (nSPS) is 33.0. The van der Waals surface area contributed by atoms with Crippen molar-refractivity contribution in [3.8, 4) is 0 Å². The van der Waals surface area contributed by atoms with Crippen LogP contribution < -0.4 is 0 Å². The van der Waals surface area contributed by atoms with Crippen LogP contribution >= 0.6 is 0 Å². The highest BCUT2D eigenvalue weighted by Crippen LogP contribution is 2.57. The third-order valence-corrected chi connectivity index (χ3v) is 7.63. The molecule has 4 nitrogen and oxygen atoms in total. The highest BCUT2D eigenvalue weighted by atomic mass is 16.4. The van der Waals surface area contributed by atoms with Crippen LogP contribution in [0.25, 0.3) is 21.8 Å². The molecule has 0 amide bonds. The quantitative estimate of drug-likeness (QED) is 0.600. The second kappa shape index (κ2) is 5.35. The zero-order valence-electron chi connectivity index (χ0n) is 15.7. The molecule has 0 unspecified atom stereocenters. The number of aliphatic hydroxyl groups excluding tert-OH is 1. The van der Waals surface area contributed by atoms with Crippen LogP contribution in [0.5, 0.6) is 0 Å². The van der Waals surface area contributed by atoms with Gasteiger partial charge in [-0.15, -0.1) is 0 Å². The van der Waals surface area contributed by atoms with Gasteiger partial charge in [0.15, 0.2) is 0 Å². The number of aliphatic carboxylic acids is 1. The smallest absolute Gasteiger partial charge is 0.312 e. The van der Waals surface area contributed by atoms with E-state index in [0.29, 0.717) is 6.42 Å². The van der Waals surface area contributed by atoms with Crippen molar-refractivity contribution in [1.82, 2.24) is 4.98 Å². The average molecular weight is 363 g/mol. The van der Waals surface area contributed by atoms with Gasteiger partial charge in [0.05, 0.1) is 11.5 Å². The van der Waals surface area contributed by atoms with Gasteiger partial charge in [0.25, 0.3) is 0 Å². The SMILES string of the molecule is C[C@]1(C(=O)O)[C@@H](O)CC[C@]2(C)c3cc4c(cc3CC[C@@H]12)[nH]c1ccccc14. The fourth-order valence-corrected chi connectivity index (χ4v) is 6.02. The van der Waals surface area contributed by atoms with Crippen molar-refractivity contribution in [3.05, 3.63) is 47.5 Å². The second-order valence-corrected chi connectivity index (χ2v) is 8.88. The van der Waals surface area contributed by atoms with Gasteiger partial charge in [0.1, 0.15) is 0 Å². The van der Waals surface area contributed by atoms with Crippen molar-refractivity contribution in [2.75, 3.05) is 0 Å². The summed E-state index contributed by atoms with van der Waals surface area (Å²) in [6.07, 6.45) is 2.22. The maximum absolute atomic E-state index is 12.2. The Balaban J connectivity index is 1.75. The Morgan fingerprint density at radius 1 is 1.11 bits per heavy atom. The fraction of sp³-hybridized carbons (Fsp3) is 0.435. The molecule has 5 rings (SSSR count). The molecule has 3 N–H and O–H groups in total. The van der Waals surface area contributed by atoms with Gasteiger partial charge in [-0.1, -0.05) is 25.1 Å². The van der Waals surface area contributed by atoms with E-state index in [2.05, 4.69) is 42.2 Å². The number of benzene rings is 2. The summed E-state index contributed by atoms with van der Waals surface area (Å²) >= 11 is 0. The van der Waals surface area contributed by atoms with Crippen molar-refractivity contribution in [3.63, 3.8) is 0 Å². The molecule has 1 heterocycles. The van der Waals surface area contributed by atoms with Gasteiger partial charge in [-0.3, -0.25) is 4.79 Å². The van der Waals surface area contributed by atoms with Gasteiger partial charge >= 0.3 is 5.97 Å². The zero-order valence-corrected chi connectivity index (χ0v) is 15.7. The molecule has 140 valence electrons. The molecule has 0 aliphatic heterocycles. The Morgan fingerprint density at radius 2 is 1.89 bits per heavy atom. The number of aliphatic hydroxyl groups is 1. The first-order chi connectivity index (χ1) is 12.9. The number of rotatable bonds is 1. The summed E-state index contributed by atoms with van der Waals surface area (Å²) in [4.78, 5) is 15.7. The van der Waals surface area contributed by atoms with Gasteiger partial charge in [0, 0.05) is 21.8 Å². The lowest BCUT2D eigenvalue weighted by molar-refractivity contribution is -0.171. The summed E-state index contributed by atoms with van der Waals surface area (Å²) in [5.74, 6) is -0.941. The van der Waals surface area contributed by atoms with E-state index in [1.54, 1.807) is 6.92 Å². The summed E-state index contributed by atoms with van der Waals surface area (Å²) < 4.78 is 0. The zero-order chi connectivity index (χ0) is 19.0. The van der Waals surface area contributed by atoms with E-state index in [1.165, 1.54) is 21.9 Å². The Kier molecular flexibility index (Phi) is 3.33. The van der Waals surface area contributed by atoms with E-state index in [0.717, 1.165) is 30.3 Å². The second-order valence-electron chi connectivity index (χ2n) is 8.88. The summed E-state index contributed by atoms with van der Waals surface area (Å²) in [6, 6.07) is 12.9. The lowest BCUT2D eigenvalue weighted by Crippen LogP contribution is -2.58. The molecule has 1 aromatic heterocycles. The number of aromatic nitrogens is 1. The largest absolute Gasteiger partial charge is 0.481 e. The molecular formula is C23H25NO3. The number of aromatic amines is 1. The number of hydrogen-bond donors (Lipinski definition) is 3. The number of aryl methyl sites for hydroxylation is 1. The predicted molar refractivity (Wildman–Crippen MR) is 106 cm³/mol. The Morgan fingerprint density at radius 3 is 2.67 bits per heavy atom. The average Bonchev–Trinajstić information content (AvgIpc) is 3.01. The molecule has 0 saturated heterocycles. The number of hydrogen-bond acceptors (Lipinski definition) is 2. The van der Waals surface area contributed by atoms with Crippen LogP contribution in [0.1, 0.15) is 44.2 Å². The predicted octanol–water partition coefficient (Wildman–Crippen LogP) is 4.39. The molecule has 1 fully saturated rings. The number of para-hydroxylation sites is 1. The molecule has 0 radical (unpaired) electrons. The van der Waals surface area contributed by atoms with E-state index in [4.69, 9.17) is 0 Å². The molecule has 2 aliphatic carbocycles. The van der Waals surface area contributed by atoms with Crippen LogP contribution in [-0.4, -0.2) is 27.3 Å². The van der Waals surface area contributed by atoms with Crippen molar-refractivity contribution < 1.29 is 15.0 Å². The van der Waals surface area contributed by atoms with Crippen LogP contribution in [-0.2, 0) is 16.6 Å². The number of nitrogens with one attached hydrogen (secondary N) is 1. The number of H-pyrrole nitrogens is 1. The van der Waals surface area contributed by atoms with Crippen LogP contribution in [0, 0.1) is 11.3 Å². The van der Waals surface area contributed by atoms with Gasteiger partial charge in [-0.2, -0.15) is 0 Å². The minimum atomic E-state index is -1.10. The third kappa shape index (κ3) is 2.05. The van der Waals surface area contributed by atoms with Gasteiger partial charge in [-0.25, -0.2) is 0 Å². The van der Waals surface area contributed by atoms with Gasteiger partial charge in [-0.05, 0) is 73.3 Å². The summed E-state index contributed by atoms with van der Waals surface area (Å²) in [6.45, 7) is 3.96. The van der Waals surface area contributed by atoms with Crippen LogP contribution in [0.3, 0.4) is 0 Å². The van der Waals surface area contributed by atoms with E-state index in [9.17, 15) is 15.0 Å². The van der Waals surface area contributed by atoms with Crippen LogP contribution in [0.4, 0.5) is 0 Å². The number of carboxylic acid groups (broad SMARTS) is 1. The molecule has 0 bridgehead atoms. The van der Waals surface area contributed by atoms with E-state index < -0.39 is 17.5 Å². The van der Waals surface area contributed by atoms with Crippen molar-refractivity contribution in [2.24, 2.45) is 11.3 Å². The Hall–Kier alpha value is -2.33. The topological polar surface area (TPSA) is 73.3 Å². The fourth-order valence-electron chi connectivity index (χ4n) is 6.02. The molecular weight excluding hydrogens is 338 g/mol. The Labute approximate surface area is 158 Å². The summed E-state index contributed by atoms with van der Waals surface area (Å²) in [5, 5.41) is 23.0. The lowest BCUT2D eigenvalue weighted by Gasteiger charge is -2.55. The number of fused-ring (bicyclic) bond motifs is 6. The monoisotopic (exact) mass is 363 g/mol. The van der Waals surface area contributed by atoms with E-state index in [-0.39, 0.29) is 11.3 Å². The van der Waals surface area contributed by atoms with Crippen LogP contribution in [0.15, 0.2) is 36.4 Å². The maximum Gasteiger partial charge on any atom is 0.312 e. The minimum absolute atomic E-state index is 0.0681. The molecule has 3 aromatic rings. The Bertz CT molecular complexity index is 1080. The first-order valence-corrected chi connectivity index (χ1v) is 9.81. The first-order valence-electron chi connectivity index (χ1n) is 9.81. The van der Waals surface area contributed by atoms with Crippen LogP contribution in [0.2, 0.25) is 0 Å². The molecule has 2 aromatic carbocycles. The molecule has 0 spiro atoms. The molecule has 1 saturated carbocycles. The number of carboxylic acids is 1. The van der Waals surface area contributed by atoms with E-state index in [1.807, 2.05) is 6.07 Å². The summed E-state index contributed by atoms with van der Waals surface area (Å²) in [7, 11) is 0. The van der Waals surface area contributed by atoms with E-state index >= 15 is 0 Å². The lowest BCUT2D eigenvalue weighted by atomic mass is 9.49. The first kappa shape index (κ1) is 16.8. The molecule has 4 heteroatoms. The van der Waals surface area contributed by atoms with Crippen molar-refractivity contribution in [1.29, 1.82) is 0 Å². The molecule has 27 heavy (non-hydrogen) atoms. The molecule has 4 atom stereocenters. The highest BCUT2D eigenvalue weighted by Gasteiger charge is 2.59. The van der Waals surface area contributed by atoms with Crippen molar-refractivity contribution >= 4 is 27.8 Å².